The maximum absolute atomic E-state index is 13.0. The third-order valence-corrected chi connectivity index (χ3v) is 4.35. The molecule has 1 unspecified atom stereocenters. The molecule has 1 amide bonds. The van der Waals surface area contributed by atoms with Gasteiger partial charge in [-0.3, -0.25) is 14.9 Å². The first-order valence-corrected chi connectivity index (χ1v) is 8.07. The SMILES string of the molecule is O=C1c2ccccc2NC(c2ccc([N+](=O)[O-])cc2)N1Cc1ccco1. The summed E-state index contributed by atoms with van der Waals surface area (Å²) in [7, 11) is 0. The molecule has 130 valence electrons. The molecule has 0 radical (unpaired) electrons. The summed E-state index contributed by atoms with van der Waals surface area (Å²) < 4.78 is 5.40. The Morgan fingerprint density at radius 2 is 1.85 bits per heavy atom. The smallest absolute Gasteiger partial charge is 0.269 e. The van der Waals surface area contributed by atoms with Crippen LogP contribution in [0.25, 0.3) is 0 Å². The summed E-state index contributed by atoms with van der Waals surface area (Å²) in [5, 5.41) is 14.2. The van der Waals surface area contributed by atoms with Crippen molar-refractivity contribution in [3.63, 3.8) is 0 Å². The van der Waals surface area contributed by atoms with E-state index in [2.05, 4.69) is 5.32 Å². The van der Waals surface area contributed by atoms with Crippen molar-refractivity contribution in [3.8, 4) is 0 Å². The molecule has 0 saturated heterocycles. The van der Waals surface area contributed by atoms with E-state index in [-0.39, 0.29) is 18.1 Å². The maximum atomic E-state index is 13.0. The van der Waals surface area contributed by atoms with E-state index in [0.29, 0.717) is 11.3 Å². The molecule has 1 N–H and O–H groups in total. The second-order valence-electron chi connectivity index (χ2n) is 5.95. The van der Waals surface area contributed by atoms with E-state index in [9.17, 15) is 14.9 Å². The third kappa shape index (κ3) is 2.79. The van der Waals surface area contributed by atoms with Gasteiger partial charge in [0.1, 0.15) is 11.9 Å². The van der Waals surface area contributed by atoms with Crippen LogP contribution in [0, 0.1) is 10.1 Å². The van der Waals surface area contributed by atoms with Gasteiger partial charge in [0, 0.05) is 17.8 Å². The lowest BCUT2D eigenvalue weighted by molar-refractivity contribution is -0.384. The number of nitro groups is 1. The van der Waals surface area contributed by atoms with Crippen molar-refractivity contribution in [3.05, 3.63) is 93.9 Å². The maximum Gasteiger partial charge on any atom is 0.269 e. The number of hydrogen-bond acceptors (Lipinski definition) is 5. The first-order chi connectivity index (χ1) is 12.6. The molecule has 0 aliphatic carbocycles. The van der Waals surface area contributed by atoms with Crippen LogP contribution in [0.1, 0.15) is 27.8 Å². The molecule has 1 aliphatic rings. The molecule has 26 heavy (non-hydrogen) atoms. The molecule has 7 nitrogen and oxygen atoms in total. The van der Waals surface area contributed by atoms with Crippen LogP contribution in [-0.2, 0) is 6.54 Å². The Balaban J connectivity index is 1.74. The monoisotopic (exact) mass is 349 g/mol. The van der Waals surface area contributed by atoms with Crippen LogP contribution < -0.4 is 5.32 Å². The van der Waals surface area contributed by atoms with Crippen LogP contribution in [0.5, 0.6) is 0 Å². The molecule has 2 heterocycles. The summed E-state index contributed by atoms with van der Waals surface area (Å²) >= 11 is 0. The lowest BCUT2D eigenvalue weighted by Crippen LogP contribution is -2.42. The summed E-state index contributed by atoms with van der Waals surface area (Å²) in [4.78, 5) is 25.1. The number of carbonyl (C=O) groups excluding carboxylic acids is 1. The Morgan fingerprint density at radius 1 is 1.08 bits per heavy atom. The van der Waals surface area contributed by atoms with E-state index in [1.165, 1.54) is 12.1 Å². The van der Waals surface area contributed by atoms with Gasteiger partial charge in [-0.05, 0) is 42.0 Å². The van der Waals surface area contributed by atoms with Gasteiger partial charge >= 0.3 is 0 Å². The second-order valence-corrected chi connectivity index (χ2v) is 5.95. The molecular formula is C19H15N3O4. The lowest BCUT2D eigenvalue weighted by atomic mass is 10.0. The van der Waals surface area contributed by atoms with E-state index in [4.69, 9.17) is 4.42 Å². The highest BCUT2D eigenvalue weighted by molar-refractivity contribution is 6.01. The van der Waals surface area contributed by atoms with Gasteiger partial charge in [-0.15, -0.1) is 0 Å². The predicted octanol–water partition coefficient (Wildman–Crippen LogP) is 3.95. The van der Waals surface area contributed by atoms with Gasteiger partial charge < -0.3 is 14.6 Å². The molecule has 0 spiro atoms. The van der Waals surface area contributed by atoms with E-state index in [1.54, 1.807) is 41.5 Å². The minimum atomic E-state index is -0.455. The Bertz CT molecular complexity index is 951. The number of amides is 1. The van der Waals surface area contributed by atoms with Crippen molar-refractivity contribution in [2.45, 2.75) is 12.7 Å². The van der Waals surface area contributed by atoms with Crippen molar-refractivity contribution in [2.75, 3.05) is 5.32 Å². The van der Waals surface area contributed by atoms with E-state index in [0.717, 1.165) is 11.3 Å². The lowest BCUT2D eigenvalue weighted by Gasteiger charge is -2.37. The van der Waals surface area contributed by atoms with Crippen molar-refractivity contribution < 1.29 is 14.1 Å². The number of hydrogen-bond donors (Lipinski definition) is 1. The quantitative estimate of drug-likeness (QED) is 0.569. The van der Waals surface area contributed by atoms with E-state index in [1.807, 2.05) is 18.2 Å². The number of nitro benzene ring substituents is 1. The van der Waals surface area contributed by atoms with Gasteiger partial charge in [-0.2, -0.15) is 0 Å². The van der Waals surface area contributed by atoms with Crippen LogP contribution in [-0.4, -0.2) is 15.7 Å². The van der Waals surface area contributed by atoms with Crippen LogP contribution in [0.4, 0.5) is 11.4 Å². The Hall–Kier alpha value is -3.61. The molecule has 0 bridgehead atoms. The molecule has 1 atom stereocenters. The van der Waals surface area contributed by atoms with Crippen LogP contribution in [0.15, 0.2) is 71.3 Å². The molecule has 7 heteroatoms. The Kier molecular flexibility index (Phi) is 3.89. The topological polar surface area (TPSA) is 88.6 Å². The van der Waals surface area contributed by atoms with Crippen molar-refractivity contribution in [1.82, 2.24) is 4.90 Å². The minimum Gasteiger partial charge on any atom is -0.467 e. The molecule has 0 saturated carbocycles. The summed E-state index contributed by atoms with van der Waals surface area (Å²) in [6, 6.07) is 17.1. The van der Waals surface area contributed by atoms with Gasteiger partial charge in [-0.25, -0.2) is 0 Å². The molecule has 1 aliphatic heterocycles. The average molecular weight is 349 g/mol. The van der Waals surface area contributed by atoms with E-state index < -0.39 is 11.1 Å². The minimum absolute atomic E-state index is 0.00821. The highest BCUT2D eigenvalue weighted by Gasteiger charge is 2.33. The number of para-hydroxylation sites is 1. The number of non-ortho nitro benzene ring substituents is 1. The fraction of sp³-hybridized carbons (Fsp3) is 0.105. The van der Waals surface area contributed by atoms with Crippen LogP contribution in [0.3, 0.4) is 0 Å². The van der Waals surface area contributed by atoms with Gasteiger partial charge in [0.25, 0.3) is 11.6 Å². The zero-order chi connectivity index (χ0) is 18.1. The molecule has 3 aromatic rings. The molecule has 1 aromatic heterocycles. The molecule has 0 fully saturated rings. The van der Waals surface area contributed by atoms with Crippen molar-refractivity contribution >= 4 is 17.3 Å². The number of furan rings is 1. The summed E-state index contributed by atoms with van der Waals surface area (Å²) in [5.74, 6) is 0.533. The number of anilines is 1. The first kappa shape index (κ1) is 15.9. The average Bonchev–Trinajstić information content (AvgIpc) is 3.17. The van der Waals surface area contributed by atoms with E-state index >= 15 is 0 Å². The summed E-state index contributed by atoms with van der Waals surface area (Å²) in [6.45, 7) is 0.287. The largest absolute Gasteiger partial charge is 0.467 e. The van der Waals surface area contributed by atoms with Gasteiger partial charge in [0.05, 0.1) is 23.3 Å². The number of nitrogens with one attached hydrogen (secondary N) is 1. The number of nitrogens with zero attached hydrogens (tertiary/aromatic N) is 2. The molecular weight excluding hydrogens is 334 g/mol. The predicted molar refractivity (Wildman–Crippen MR) is 94.5 cm³/mol. The Morgan fingerprint density at radius 3 is 2.54 bits per heavy atom. The number of benzene rings is 2. The fourth-order valence-electron chi connectivity index (χ4n) is 3.07. The van der Waals surface area contributed by atoms with Crippen LogP contribution >= 0.6 is 0 Å². The second kappa shape index (κ2) is 6.36. The standard InChI is InChI=1S/C19H15N3O4/c23-19-16-5-1-2-6-17(16)20-18(21(19)12-15-4-3-11-26-15)13-7-9-14(10-8-13)22(24)25/h1-11,18,20H,12H2. The molecule has 2 aromatic carbocycles. The number of fused-ring (bicyclic) bond motifs is 1. The van der Waals surface area contributed by atoms with Gasteiger partial charge in [0.15, 0.2) is 0 Å². The highest BCUT2D eigenvalue weighted by Crippen LogP contribution is 2.34. The van der Waals surface area contributed by atoms with Gasteiger partial charge in [0.2, 0.25) is 0 Å². The van der Waals surface area contributed by atoms with Crippen molar-refractivity contribution in [2.24, 2.45) is 0 Å². The highest BCUT2D eigenvalue weighted by atomic mass is 16.6. The van der Waals surface area contributed by atoms with Gasteiger partial charge in [-0.1, -0.05) is 12.1 Å². The zero-order valence-electron chi connectivity index (χ0n) is 13.7. The normalized spacial score (nSPS) is 16.1. The Labute approximate surface area is 149 Å². The first-order valence-electron chi connectivity index (χ1n) is 8.07. The summed E-state index contributed by atoms with van der Waals surface area (Å²) in [6.07, 6.45) is 1.11. The number of carbonyl (C=O) groups is 1. The zero-order valence-corrected chi connectivity index (χ0v) is 13.7. The summed E-state index contributed by atoms with van der Waals surface area (Å²) in [5.41, 5.74) is 2.08. The molecule has 4 rings (SSSR count). The van der Waals surface area contributed by atoms with Crippen molar-refractivity contribution in [1.29, 1.82) is 0 Å². The van der Waals surface area contributed by atoms with Crippen LogP contribution in [0.2, 0.25) is 0 Å². The third-order valence-electron chi connectivity index (χ3n) is 4.35. The number of rotatable bonds is 4. The fourth-order valence-corrected chi connectivity index (χ4v) is 3.07.